The van der Waals surface area contributed by atoms with Gasteiger partial charge in [0.1, 0.15) is 0 Å². The van der Waals surface area contributed by atoms with Crippen LogP contribution in [0.15, 0.2) is 67.0 Å². The summed E-state index contributed by atoms with van der Waals surface area (Å²) in [5.74, 6) is -0.664. The number of nitrogens with zero attached hydrogens (tertiary/aromatic N) is 1. The predicted molar refractivity (Wildman–Crippen MR) is 125 cm³/mol. The minimum absolute atomic E-state index is 0.0557. The largest absolute Gasteiger partial charge is 0.345 e. The molecule has 164 valence electrons. The average molecular weight is 431 g/mol. The molecule has 1 unspecified atom stereocenters. The summed E-state index contributed by atoms with van der Waals surface area (Å²) < 4.78 is 0. The molecule has 7 nitrogen and oxygen atoms in total. The zero-order chi connectivity index (χ0) is 23.1. The highest BCUT2D eigenvalue weighted by Crippen LogP contribution is 2.23. The van der Waals surface area contributed by atoms with Gasteiger partial charge in [-0.15, -0.1) is 0 Å². The summed E-state index contributed by atoms with van der Waals surface area (Å²) in [6.07, 6.45) is 3.49. The van der Waals surface area contributed by atoms with E-state index in [4.69, 9.17) is 0 Å². The molecule has 3 amide bonds. The van der Waals surface area contributed by atoms with E-state index in [1.807, 2.05) is 32.0 Å². The van der Waals surface area contributed by atoms with Gasteiger partial charge in [-0.25, -0.2) is 0 Å². The van der Waals surface area contributed by atoms with E-state index in [0.717, 1.165) is 11.1 Å². The van der Waals surface area contributed by atoms with Gasteiger partial charge < -0.3 is 16.0 Å². The maximum atomic E-state index is 13.0. The molecule has 1 atom stereocenters. The van der Waals surface area contributed by atoms with Crippen molar-refractivity contribution in [2.45, 2.75) is 33.2 Å². The summed E-state index contributed by atoms with van der Waals surface area (Å²) in [5, 5.41) is 8.63. The van der Waals surface area contributed by atoms with Gasteiger partial charge in [-0.3, -0.25) is 19.4 Å². The van der Waals surface area contributed by atoms with Crippen LogP contribution in [0, 0.1) is 6.92 Å². The number of aryl methyl sites for hydroxylation is 1. The van der Waals surface area contributed by atoms with E-state index >= 15 is 0 Å². The lowest BCUT2D eigenvalue weighted by Gasteiger charge is -2.18. The van der Waals surface area contributed by atoms with Crippen LogP contribution in [-0.2, 0) is 4.79 Å². The van der Waals surface area contributed by atoms with Crippen LogP contribution in [0.2, 0.25) is 0 Å². The summed E-state index contributed by atoms with van der Waals surface area (Å²) in [6.45, 7) is 5.51. The van der Waals surface area contributed by atoms with Gasteiger partial charge >= 0.3 is 0 Å². The molecule has 0 fully saturated rings. The zero-order valence-electron chi connectivity index (χ0n) is 18.3. The molecule has 7 heteroatoms. The topological polar surface area (TPSA) is 100 Å². The fraction of sp³-hybridized carbons (Fsp3) is 0.200. The Balaban J connectivity index is 1.74. The number of pyridine rings is 1. The lowest BCUT2D eigenvalue weighted by molar-refractivity contribution is -0.115. The standard InChI is InChI=1S/C25H26N4O3/c1-4-22(30)28-20-10-8-18(9-11-20)17(3)27-25(32)21-7-5-6-16(2)23(21)29-24(31)19-12-14-26-15-13-19/h5-15,17H,4H2,1-3H3,(H,27,32)(H,28,30)(H,29,31). The lowest BCUT2D eigenvalue weighted by Crippen LogP contribution is -2.28. The molecule has 0 radical (unpaired) electrons. The van der Waals surface area contributed by atoms with E-state index in [1.54, 1.807) is 55.7 Å². The van der Waals surface area contributed by atoms with Crippen molar-refractivity contribution in [1.82, 2.24) is 10.3 Å². The zero-order valence-corrected chi connectivity index (χ0v) is 18.3. The van der Waals surface area contributed by atoms with Crippen molar-refractivity contribution >= 4 is 29.1 Å². The summed E-state index contributed by atoms with van der Waals surface area (Å²) in [5.41, 5.74) is 3.69. The summed E-state index contributed by atoms with van der Waals surface area (Å²) >= 11 is 0. The van der Waals surface area contributed by atoms with Crippen LogP contribution in [0.5, 0.6) is 0 Å². The maximum Gasteiger partial charge on any atom is 0.255 e. The Morgan fingerprint density at radius 2 is 1.59 bits per heavy atom. The molecule has 3 N–H and O–H groups in total. The monoisotopic (exact) mass is 430 g/mol. The molecule has 0 aliphatic rings. The van der Waals surface area contributed by atoms with Gasteiger partial charge in [-0.2, -0.15) is 0 Å². The summed E-state index contributed by atoms with van der Waals surface area (Å²) in [7, 11) is 0. The third-order valence-electron chi connectivity index (χ3n) is 5.06. The number of aromatic nitrogens is 1. The van der Waals surface area contributed by atoms with Crippen LogP contribution in [-0.4, -0.2) is 22.7 Å². The Bertz CT molecular complexity index is 1110. The molecule has 1 heterocycles. The smallest absolute Gasteiger partial charge is 0.255 e. The molecule has 0 spiro atoms. The molecule has 0 aliphatic heterocycles. The SMILES string of the molecule is CCC(=O)Nc1ccc(C(C)NC(=O)c2cccc(C)c2NC(=O)c2ccncc2)cc1. The van der Waals surface area contributed by atoms with Gasteiger partial charge in [0.2, 0.25) is 5.91 Å². The van der Waals surface area contributed by atoms with Crippen molar-refractivity contribution in [1.29, 1.82) is 0 Å². The minimum atomic E-state index is -0.312. The Morgan fingerprint density at radius 3 is 2.25 bits per heavy atom. The summed E-state index contributed by atoms with van der Waals surface area (Å²) in [6, 6.07) is 15.6. The van der Waals surface area contributed by atoms with E-state index in [2.05, 4.69) is 20.9 Å². The summed E-state index contributed by atoms with van der Waals surface area (Å²) in [4.78, 5) is 41.1. The first-order valence-electron chi connectivity index (χ1n) is 10.4. The number of amides is 3. The van der Waals surface area contributed by atoms with E-state index in [-0.39, 0.29) is 23.8 Å². The van der Waals surface area contributed by atoms with Gasteiger partial charge in [0.25, 0.3) is 11.8 Å². The van der Waals surface area contributed by atoms with Crippen molar-refractivity contribution in [3.8, 4) is 0 Å². The van der Waals surface area contributed by atoms with Gasteiger partial charge in [0.05, 0.1) is 17.3 Å². The van der Waals surface area contributed by atoms with Crippen molar-refractivity contribution < 1.29 is 14.4 Å². The first kappa shape index (κ1) is 22.7. The second kappa shape index (κ2) is 10.3. The maximum absolute atomic E-state index is 13.0. The van der Waals surface area contributed by atoms with Gasteiger partial charge in [0, 0.05) is 30.1 Å². The molecule has 2 aromatic carbocycles. The molecule has 32 heavy (non-hydrogen) atoms. The highest BCUT2D eigenvalue weighted by Gasteiger charge is 2.18. The van der Waals surface area contributed by atoms with Crippen LogP contribution in [0.3, 0.4) is 0 Å². The fourth-order valence-corrected chi connectivity index (χ4v) is 3.17. The second-order valence-corrected chi connectivity index (χ2v) is 7.41. The van der Waals surface area contributed by atoms with Crippen molar-refractivity contribution in [2.24, 2.45) is 0 Å². The molecule has 3 aromatic rings. The van der Waals surface area contributed by atoms with Crippen LogP contribution >= 0.6 is 0 Å². The number of carbonyl (C=O) groups excluding carboxylic acids is 3. The van der Waals surface area contributed by atoms with Crippen molar-refractivity contribution in [2.75, 3.05) is 10.6 Å². The number of anilines is 2. The Hall–Kier alpha value is -4.00. The number of rotatable bonds is 7. The molecule has 0 saturated heterocycles. The Labute approximate surface area is 187 Å². The van der Waals surface area contributed by atoms with E-state index in [9.17, 15) is 14.4 Å². The molecule has 0 aliphatic carbocycles. The van der Waals surface area contributed by atoms with Gasteiger partial charge in [-0.1, -0.05) is 31.2 Å². The predicted octanol–water partition coefficient (Wildman–Crippen LogP) is 4.48. The molecule has 1 aromatic heterocycles. The second-order valence-electron chi connectivity index (χ2n) is 7.41. The third kappa shape index (κ3) is 5.57. The third-order valence-corrected chi connectivity index (χ3v) is 5.06. The highest BCUT2D eigenvalue weighted by atomic mass is 16.2. The molecule has 3 rings (SSSR count). The van der Waals surface area contributed by atoms with Crippen LogP contribution in [0.25, 0.3) is 0 Å². The Morgan fingerprint density at radius 1 is 0.906 bits per heavy atom. The van der Waals surface area contributed by atoms with E-state index < -0.39 is 0 Å². The van der Waals surface area contributed by atoms with Crippen LogP contribution < -0.4 is 16.0 Å². The van der Waals surface area contributed by atoms with Gasteiger partial charge in [0.15, 0.2) is 0 Å². The highest BCUT2D eigenvalue weighted by molar-refractivity contribution is 6.09. The van der Waals surface area contributed by atoms with Gasteiger partial charge in [-0.05, 0) is 55.3 Å². The first-order chi connectivity index (χ1) is 15.4. The Kier molecular flexibility index (Phi) is 7.33. The number of nitrogens with one attached hydrogen (secondary N) is 3. The van der Waals surface area contributed by atoms with Crippen LogP contribution in [0.1, 0.15) is 58.2 Å². The van der Waals surface area contributed by atoms with E-state index in [0.29, 0.717) is 28.9 Å². The fourth-order valence-electron chi connectivity index (χ4n) is 3.17. The minimum Gasteiger partial charge on any atom is -0.345 e. The average Bonchev–Trinajstić information content (AvgIpc) is 2.81. The normalized spacial score (nSPS) is 11.3. The molecule has 0 saturated carbocycles. The van der Waals surface area contributed by atoms with Crippen LogP contribution in [0.4, 0.5) is 11.4 Å². The number of para-hydroxylation sites is 1. The number of carbonyl (C=O) groups is 3. The lowest BCUT2D eigenvalue weighted by atomic mass is 10.0. The quantitative estimate of drug-likeness (QED) is 0.514. The molecular weight excluding hydrogens is 404 g/mol. The first-order valence-corrected chi connectivity index (χ1v) is 10.4. The number of hydrogen-bond acceptors (Lipinski definition) is 4. The molecule has 0 bridgehead atoms. The number of hydrogen-bond donors (Lipinski definition) is 3. The van der Waals surface area contributed by atoms with E-state index in [1.165, 1.54) is 0 Å². The number of benzene rings is 2. The van der Waals surface area contributed by atoms with Crippen molar-refractivity contribution in [3.05, 3.63) is 89.2 Å². The van der Waals surface area contributed by atoms with Crippen molar-refractivity contribution in [3.63, 3.8) is 0 Å². The molecular formula is C25H26N4O3.